The minimum absolute atomic E-state index is 0.0221. The van der Waals surface area contributed by atoms with Gasteiger partial charge < -0.3 is 18.6 Å². The van der Waals surface area contributed by atoms with E-state index < -0.39 is 26.6 Å². The van der Waals surface area contributed by atoms with Gasteiger partial charge in [0, 0.05) is 11.8 Å². The van der Waals surface area contributed by atoms with E-state index in [1.54, 1.807) is 24.3 Å². The normalized spacial score (nSPS) is 11.2. The zero-order valence-corrected chi connectivity index (χ0v) is 21.9. The zero-order chi connectivity index (χ0) is 28.7. The van der Waals surface area contributed by atoms with Gasteiger partial charge in [0.05, 0.1) is 36.5 Å². The van der Waals surface area contributed by atoms with E-state index in [4.69, 9.17) is 18.6 Å². The Balaban J connectivity index is 1.48. The number of nitro benzene ring substituents is 1. The number of rotatable bonds is 11. The molecule has 0 unspecified atom stereocenters. The summed E-state index contributed by atoms with van der Waals surface area (Å²) in [5.41, 5.74) is 2.76. The maximum Gasteiger partial charge on any atom is 0.379 e. The minimum atomic E-state index is -4.12. The standard InChI is InChI=1S/C26H22N4O9S/c1-36-19-8-6-18(7-9-19)29-40(34,35)20-10-11-21(22(15-20)30(32)33)28-27-16-17-5-12-23(25(14-17)37-2)39-26(31)24-4-3-13-38-24/h3-16,28-29H,1-2H3. The number of anilines is 2. The van der Waals surface area contributed by atoms with Gasteiger partial charge in [-0.2, -0.15) is 5.10 Å². The molecule has 4 rings (SSSR count). The molecule has 1 heterocycles. The monoisotopic (exact) mass is 566 g/mol. The van der Waals surface area contributed by atoms with Crippen molar-refractivity contribution in [3.63, 3.8) is 0 Å². The number of nitrogens with one attached hydrogen (secondary N) is 2. The predicted octanol–water partition coefficient (Wildman–Crippen LogP) is 4.67. The van der Waals surface area contributed by atoms with Gasteiger partial charge in [-0.25, -0.2) is 13.2 Å². The van der Waals surface area contributed by atoms with Gasteiger partial charge in [0.1, 0.15) is 11.4 Å². The summed E-state index contributed by atoms with van der Waals surface area (Å²) in [6.07, 6.45) is 2.69. The van der Waals surface area contributed by atoms with E-state index in [2.05, 4.69) is 15.2 Å². The van der Waals surface area contributed by atoms with Crippen LogP contribution in [0.15, 0.2) is 93.5 Å². The molecule has 0 aliphatic carbocycles. The number of carbonyl (C=O) groups excluding carboxylic acids is 1. The van der Waals surface area contributed by atoms with Crippen molar-refractivity contribution < 1.29 is 36.8 Å². The second-order valence-electron chi connectivity index (χ2n) is 7.92. The second-order valence-corrected chi connectivity index (χ2v) is 9.60. The lowest BCUT2D eigenvalue weighted by Gasteiger charge is -2.10. The van der Waals surface area contributed by atoms with E-state index >= 15 is 0 Å². The Hall–Kier alpha value is -5.37. The number of benzene rings is 3. The molecule has 0 saturated heterocycles. The summed E-state index contributed by atoms with van der Waals surface area (Å²) in [4.78, 5) is 22.8. The molecule has 0 aliphatic rings. The predicted molar refractivity (Wildman–Crippen MR) is 145 cm³/mol. The third-order valence-corrected chi connectivity index (χ3v) is 6.71. The Labute approximate surface area is 228 Å². The van der Waals surface area contributed by atoms with Crippen molar-refractivity contribution >= 4 is 39.3 Å². The lowest BCUT2D eigenvalue weighted by atomic mass is 10.2. The Kier molecular flexibility index (Phi) is 8.30. The Morgan fingerprint density at radius 3 is 2.42 bits per heavy atom. The van der Waals surface area contributed by atoms with Crippen LogP contribution in [-0.2, 0) is 10.0 Å². The molecule has 3 aromatic carbocycles. The van der Waals surface area contributed by atoms with Crippen LogP contribution in [0.2, 0.25) is 0 Å². The zero-order valence-electron chi connectivity index (χ0n) is 21.1. The molecule has 0 fully saturated rings. The Bertz CT molecular complexity index is 1650. The lowest BCUT2D eigenvalue weighted by Crippen LogP contribution is -2.13. The molecule has 0 amide bonds. The van der Waals surface area contributed by atoms with E-state index in [0.717, 1.165) is 6.07 Å². The van der Waals surface area contributed by atoms with Crippen LogP contribution < -0.4 is 24.4 Å². The number of hydrazone groups is 1. The maximum absolute atomic E-state index is 12.8. The molecule has 13 nitrogen and oxygen atoms in total. The first-order chi connectivity index (χ1) is 19.2. The van der Waals surface area contributed by atoms with Gasteiger partial charge in [-0.05, 0) is 72.3 Å². The lowest BCUT2D eigenvalue weighted by molar-refractivity contribution is -0.384. The van der Waals surface area contributed by atoms with Gasteiger partial charge in [0.15, 0.2) is 11.5 Å². The number of nitro groups is 1. The van der Waals surface area contributed by atoms with Crippen molar-refractivity contribution in [3.8, 4) is 17.2 Å². The molecule has 0 atom stereocenters. The molecule has 40 heavy (non-hydrogen) atoms. The molecule has 0 aliphatic heterocycles. The Morgan fingerprint density at radius 2 is 1.77 bits per heavy atom. The topological polar surface area (TPSA) is 172 Å². The van der Waals surface area contributed by atoms with Crippen molar-refractivity contribution in [2.75, 3.05) is 24.4 Å². The van der Waals surface area contributed by atoms with E-state index in [0.29, 0.717) is 11.3 Å². The third kappa shape index (κ3) is 6.54. The highest BCUT2D eigenvalue weighted by molar-refractivity contribution is 7.92. The average molecular weight is 567 g/mol. The number of nitrogens with zero attached hydrogens (tertiary/aromatic N) is 2. The molecular weight excluding hydrogens is 544 g/mol. The van der Waals surface area contributed by atoms with E-state index in [-0.39, 0.29) is 33.5 Å². The summed E-state index contributed by atoms with van der Waals surface area (Å²) in [6, 6.07) is 17.1. The van der Waals surface area contributed by atoms with E-state index in [1.165, 1.54) is 69.2 Å². The van der Waals surface area contributed by atoms with Crippen molar-refractivity contribution in [3.05, 3.63) is 100 Å². The van der Waals surface area contributed by atoms with Crippen molar-refractivity contribution in [1.82, 2.24) is 0 Å². The largest absolute Gasteiger partial charge is 0.497 e. The van der Waals surface area contributed by atoms with Crippen LogP contribution in [0.5, 0.6) is 17.2 Å². The van der Waals surface area contributed by atoms with Crippen molar-refractivity contribution in [2.24, 2.45) is 5.10 Å². The second kappa shape index (κ2) is 12.0. The third-order valence-electron chi connectivity index (χ3n) is 5.33. The molecule has 2 N–H and O–H groups in total. The van der Waals surface area contributed by atoms with E-state index in [9.17, 15) is 23.3 Å². The number of hydrogen-bond acceptors (Lipinski definition) is 11. The minimum Gasteiger partial charge on any atom is -0.497 e. The summed E-state index contributed by atoms with van der Waals surface area (Å²) in [5, 5.41) is 15.7. The van der Waals surface area contributed by atoms with E-state index in [1.807, 2.05) is 0 Å². The van der Waals surface area contributed by atoms with Crippen LogP contribution in [0, 0.1) is 10.1 Å². The highest BCUT2D eigenvalue weighted by atomic mass is 32.2. The number of esters is 1. The molecule has 0 spiro atoms. The molecule has 0 saturated carbocycles. The van der Waals surface area contributed by atoms with Crippen LogP contribution in [0.3, 0.4) is 0 Å². The summed E-state index contributed by atoms with van der Waals surface area (Å²) < 4.78 is 48.6. The van der Waals surface area contributed by atoms with Crippen molar-refractivity contribution in [1.29, 1.82) is 0 Å². The summed E-state index contributed by atoms with van der Waals surface area (Å²) in [6.45, 7) is 0. The molecule has 14 heteroatoms. The first kappa shape index (κ1) is 27.7. The fourth-order valence-electron chi connectivity index (χ4n) is 3.37. The number of sulfonamides is 1. The van der Waals surface area contributed by atoms with Crippen LogP contribution in [0.1, 0.15) is 16.1 Å². The fourth-order valence-corrected chi connectivity index (χ4v) is 4.45. The van der Waals surface area contributed by atoms with Gasteiger partial charge in [0.2, 0.25) is 5.76 Å². The molecule has 1 aromatic heterocycles. The van der Waals surface area contributed by atoms with Gasteiger partial charge >= 0.3 is 5.97 Å². The summed E-state index contributed by atoms with van der Waals surface area (Å²) >= 11 is 0. The quantitative estimate of drug-likeness (QED) is 0.0854. The number of carbonyl (C=O) groups is 1. The number of hydrogen-bond donors (Lipinski definition) is 2. The molecule has 4 aromatic rings. The van der Waals surface area contributed by atoms with Gasteiger partial charge in [-0.3, -0.25) is 20.3 Å². The molecule has 206 valence electrons. The molecule has 0 radical (unpaired) electrons. The van der Waals surface area contributed by atoms with Gasteiger partial charge in [-0.15, -0.1) is 0 Å². The maximum atomic E-state index is 12.8. The van der Waals surface area contributed by atoms with Crippen LogP contribution in [0.4, 0.5) is 17.1 Å². The highest BCUT2D eigenvalue weighted by Gasteiger charge is 2.22. The average Bonchev–Trinajstić information content (AvgIpc) is 3.49. The van der Waals surface area contributed by atoms with Crippen molar-refractivity contribution in [2.45, 2.75) is 4.90 Å². The van der Waals surface area contributed by atoms with Gasteiger partial charge in [-0.1, -0.05) is 0 Å². The number of furan rings is 1. The number of methoxy groups -OCH3 is 2. The smallest absolute Gasteiger partial charge is 0.379 e. The fraction of sp³-hybridized carbons (Fsp3) is 0.0769. The summed E-state index contributed by atoms with van der Waals surface area (Å²) in [7, 11) is -1.25. The first-order valence-electron chi connectivity index (χ1n) is 11.4. The highest BCUT2D eigenvalue weighted by Crippen LogP contribution is 2.30. The van der Waals surface area contributed by atoms with Crippen LogP contribution >= 0.6 is 0 Å². The number of ether oxygens (including phenoxy) is 3. The Morgan fingerprint density at radius 1 is 1.00 bits per heavy atom. The van der Waals surface area contributed by atoms with Crippen LogP contribution in [-0.4, -0.2) is 39.7 Å². The molecular formula is C26H22N4O9S. The first-order valence-corrected chi connectivity index (χ1v) is 12.9. The molecule has 0 bridgehead atoms. The van der Waals surface area contributed by atoms with Crippen LogP contribution in [0.25, 0.3) is 0 Å². The van der Waals surface area contributed by atoms with Gasteiger partial charge in [0.25, 0.3) is 15.7 Å². The summed E-state index contributed by atoms with van der Waals surface area (Å²) in [5.74, 6) is 0.230. The SMILES string of the molecule is COc1ccc(NS(=O)(=O)c2ccc(NN=Cc3ccc(OC(=O)c4ccco4)c(OC)c3)c([N+](=O)[O-])c2)cc1.